The smallest absolute Gasteiger partial charge is 0.433 e. The van der Waals surface area contributed by atoms with Crippen molar-refractivity contribution in [1.82, 2.24) is 19.5 Å². The number of carbonyl (C=O) groups is 1. The van der Waals surface area contributed by atoms with Crippen LogP contribution in [0.5, 0.6) is 0 Å². The molecule has 10 heteroatoms. The Balaban J connectivity index is 1.60. The van der Waals surface area contributed by atoms with Gasteiger partial charge < -0.3 is 9.32 Å². The van der Waals surface area contributed by atoms with E-state index in [4.69, 9.17) is 4.42 Å². The van der Waals surface area contributed by atoms with Crippen LogP contribution in [0.1, 0.15) is 40.5 Å². The molecule has 0 aliphatic carbocycles. The maximum absolute atomic E-state index is 13.7. The van der Waals surface area contributed by atoms with Gasteiger partial charge in [-0.25, -0.2) is 13.9 Å². The molecule has 0 unspecified atom stereocenters. The van der Waals surface area contributed by atoms with Gasteiger partial charge in [-0.15, -0.1) is 0 Å². The zero-order valence-electron chi connectivity index (χ0n) is 16.5. The van der Waals surface area contributed by atoms with Crippen LogP contribution in [0.4, 0.5) is 17.6 Å². The SMILES string of the molecule is O=C(c1cnn2c(C(F)(F)F)cc(-c3ccco3)nc12)N1CCC[C@H]1c1ccc(F)cc1. The van der Waals surface area contributed by atoms with Crippen molar-refractivity contribution in [3.8, 4) is 11.5 Å². The number of carbonyl (C=O) groups excluding carboxylic acids is 1. The van der Waals surface area contributed by atoms with Gasteiger partial charge in [0.25, 0.3) is 5.91 Å². The Morgan fingerprint density at radius 1 is 1.16 bits per heavy atom. The van der Waals surface area contributed by atoms with E-state index in [1.807, 2.05) is 0 Å². The van der Waals surface area contributed by atoms with Crippen LogP contribution in [0.3, 0.4) is 0 Å². The average Bonchev–Trinajstić information content (AvgIpc) is 3.52. The summed E-state index contributed by atoms with van der Waals surface area (Å²) in [6, 6.07) is 9.40. The lowest BCUT2D eigenvalue weighted by Crippen LogP contribution is -2.30. The fourth-order valence-electron chi connectivity index (χ4n) is 4.06. The van der Waals surface area contributed by atoms with Gasteiger partial charge in [0.05, 0.1) is 18.5 Å². The maximum Gasteiger partial charge on any atom is 0.433 e. The number of fused-ring (bicyclic) bond motifs is 1. The lowest BCUT2D eigenvalue weighted by atomic mass is 10.0. The lowest BCUT2D eigenvalue weighted by molar-refractivity contribution is -0.142. The molecule has 0 radical (unpaired) electrons. The quantitative estimate of drug-likeness (QED) is 0.411. The number of furan rings is 1. The van der Waals surface area contributed by atoms with E-state index in [1.165, 1.54) is 30.5 Å². The molecule has 0 spiro atoms. The van der Waals surface area contributed by atoms with Crippen LogP contribution in [0.2, 0.25) is 0 Å². The molecule has 5 rings (SSSR count). The molecule has 1 aliphatic rings. The Kier molecular flexibility index (Phi) is 4.72. The second-order valence-electron chi connectivity index (χ2n) is 7.50. The van der Waals surface area contributed by atoms with Crippen molar-refractivity contribution in [2.45, 2.75) is 25.1 Å². The predicted octanol–water partition coefficient (Wildman–Crippen LogP) is 5.12. The van der Waals surface area contributed by atoms with E-state index < -0.39 is 17.8 Å². The second-order valence-corrected chi connectivity index (χ2v) is 7.50. The van der Waals surface area contributed by atoms with Crippen LogP contribution in [0.15, 0.2) is 59.3 Å². The van der Waals surface area contributed by atoms with E-state index in [-0.39, 0.29) is 34.5 Å². The monoisotopic (exact) mass is 444 g/mol. The Morgan fingerprint density at radius 2 is 1.94 bits per heavy atom. The standard InChI is InChI=1S/C22H16F4N4O2/c23-14-7-5-13(6-8-14)17-3-1-9-29(17)21(31)15-12-27-30-19(22(24,25)26)11-16(28-20(15)30)18-4-2-10-32-18/h2,4-8,10-12,17H,1,3,9H2/t17-/m0/s1. The summed E-state index contributed by atoms with van der Waals surface area (Å²) in [6.07, 6.45) is -0.916. The van der Waals surface area contributed by atoms with E-state index in [2.05, 4.69) is 10.1 Å². The third kappa shape index (κ3) is 3.41. The number of aromatic nitrogens is 3. The molecule has 4 aromatic rings. The van der Waals surface area contributed by atoms with Crippen molar-refractivity contribution in [1.29, 1.82) is 0 Å². The minimum Gasteiger partial charge on any atom is -0.463 e. The molecule has 1 amide bonds. The molecule has 164 valence electrons. The van der Waals surface area contributed by atoms with Crippen LogP contribution in [0, 0.1) is 5.82 Å². The number of halogens is 4. The highest BCUT2D eigenvalue weighted by atomic mass is 19.4. The number of hydrogen-bond donors (Lipinski definition) is 0. The predicted molar refractivity (Wildman–Crippen MR) is 105 cm³/mol. The summed E-state index contributed by atoms with van der Waals surface area (Å²) >= 11 is 0. The first-order chi connectivity index (χ1) is 15.3. The Hall–Kier alpha value is -3.69. The normalized spacial score (nSPS) is 16.8. The van der Waals surface area contributed by atoms with Crippen LogP contribution >= 0.6 is 0 Å². The van der Waals surface area contributed by atoms with Crippen molar-refractivity contribution in [3.63, 3.8) is 0 Å². The summed E-state index contributed by atoms with van der Waals surface area (Å²) < 4.78 is 60.3. The first kappa shape index (κ1) is 20.2. The molecule has 3 aromatic heterocycles. The largest absolute Gasteiger partial charge is 0.463 e. The molecule has 6 nitrogen and oxygen atoms in total. The summed E-state index contributed by atoms with van der Waals surface area (Å²) in [4.78, 5) is 19.2. The van der Waals surface area contributed by atoms with Crippen LogP contribution in [-0.2, 0) is 6.18 Å². The summed E-state index contributed by atoms with van der Waals surface area (Å²) in [6.45, 7) is 0.419. The van der Waals surface area contributed by atoms with Crippen LogP contribution in [-0.4, -0.2) is 31.9 Å². The number of nitrogens with zero attached hydrogens (tertiary/aromatic N) is 4. The number of rotatable bonds is 3. The molecule has 4 heterocycles. The third-order valence-electron chi connectivity index (χ3n) is 5.53. The van der Waals surface area contributed by atoms with Gasteiger partial charge in [0.2, 0.25) is 0 Å². The second kappa shape index (κ2) is 7.47. The number of benzene rings is 1. The van der Waals surface area contributed by atoms with Gasteiger partial charge in [0.1, 0.15) is 17.1 Å². The van der Waals surface area contributed by atoms with Crippen LogP contribution < -0.4 is 0 Å². The van der Waals surface area contributed by atoms with E-state index >= 15 is 0 Å². The Bertz CT molecular complexity index is 1280. The highest BCUT2D eigenvalue weighted by molar-refractivity contribution is 6.00. The van der Waals surface area contributed by atoms with Crippen molar-refractivity contribution in [2.75, 3.05) is 6.54 Å². The zero-order valence-corrected chi connectivity index (χ0v) is 16.5. The first-order valence-corrected chi connectivity index (χ1v) is 9.89. The summed E-state index contributed by atoms with van der Waals surface area (Å²) in [5, 5.41) is 3.82. The molecule has 0 saturated carbocycles. The van der Waals surface area contributed by atoms with Crippen molar-refractivity contribution >= 4 is 11.6 Å². The maximum atomic E-state index is 13.7. The number of amides is 1. The Morgan fingerprint density at radius 3 is 2.62 bits per heavy atom. The zero-order chi connectivity index (χ0) is 22.5. The van der Waals surface area contributed by atoms with E-state index in [9.17, 15) is 22.4 Å². The lowest BCUT2D eigenvalue weighted by Gasteiger charge is -2.24. The summed E-state index contributed by atoms with van der Waals surface area (Å²) in [7, 11) is 0. The molecule has 1 fully saturated rings. The first-order valence-electron chi connectivity index (χ1n) is 9.89. The number of alkyl halides is 3. The average molecular weight is 444 g/mol. The fraction of sp³-hybridized carbons (Fsp3) is 0.227. The molecule has 0 bridgehead atoms. The van der Waals surface area contributed by atoms with Gasteiger partial charge in [0.15, 0.2) is 17.1 Å². The van der Waals surface area contributed by atoms with Gasteiger partial charge in [-0.2, -0.15) is 18.3 Å². The van der Waals surface area contributed by atoms with Gasteiger partial charge >= 0.3 is 6.18 Å². The van der Waals surface area contributed by atoms with Gasteiger partial charge in [-0.05, 0) is 48.7 Å². The Labute approximate surface area is 179 Å². The van der Waals surface area contributed by atoms with E-state index in [0.29, 0.717) is 23.9 Å². The minimum atomic E-state index is -4.72. The van der Waals surface area contributed by atoms with Crippen molar-refractivity contribution in [3.05, 3.63) is 77.6 Å². The van der Waals surface area contributed by atoms with Gasteiger partial charge in [-0.3, -0.25) is 4.79 Å². The topological polar surface area (TPSA) is 63.6 Å². The molecular formula is C22H16F4N4O2. The number of likely N-dealkylation sites (tertiary alicyclic amines) is 1. The molecule has 1 aromatic carbocycles. The highest BCUT2D eigenvalue weighted by Crippen LogP contribution is 2.36. The van der Waals surface area contributed by atoms with E-state index in [0.717, 1.165) is 17.8 Å². The number of hydrogen-bond acceptors (Lipinski definition) is 4. The van der Waals surface area contributed by atoms with E-state index in [1.54, 1.807) is 17.0 Å². The molecule has 1 aliphatic heterocycles. The summed E-state index contributed by atoms with van der Waals surface area (Å²) in [5.41, 5.74) is -0.613. The molecule has 0 N–H and O–H groups in total. The fourth-order valence-corrected chi connectivity index (χ4v) is 4.06. The third-order valence-corrected chi connectivity index (χ3v) is 5.53. The van der Waals surface area contributed by atoms with Crippen LogP contribution in [0.25, 0.3) is 17.1 Å². The highest BCUT2D eigenvalue weighted by Gasteiger charge is 2.38. The minimum absolute atomic E-state index is 0.0436. The summed E-state index contributed by atoms with van der Waals surface area (Å²) in [5.74, 6) is -0.728. The molecule has 1 atom stereocenters. The molecule has 32 heavy (non-hydrogen) atoms. The molecular weight excluding hydrogens is 428 g/mol. The van der Waals surface area contributed by atoms with Crippen molar-refractivity contribution < 1.29 is 26.8 Å². The molecule has 1 saturated heterocycles. The van der Waals surface area contributed by atoms with Gasteiger partial charge in [0, 0.05) is 6.54 Å². The van der Waals surface area contributed by atoms with Gasteiger partial charge in [-0.1, -0.05) is 12.1 Å². The van der Waals surface area contributed by atoms with Crippen molar-refractivity contribution in [2.24, 2.45) is 0 Å².